The summed E-state index contributed by atoms with van der Waals surface area (Å²) in [5, 5.41) is 3.13. The summed E-state index contributed by atoms with van der Waals surface area (Å²) in [6.07, 6.45) is 0. The van der Waals surface area contributed by atoms with Gasteiger partial charge in [0, 0.05) is 6.54 Å². The predicted molar refractivity (Wildman–Crippen MR) is 101 cm³/mol. The molecule has 0 saturated carbocycles. The van der Waals surface area contributed by atoms with Gasteiger partial charge in [-0.15, -0.1) is 0 Å². The number of rotatable bonds is 4. The normalized spacial score (nSPS) is 12.6. The number of nitrogens with one attached hydrogen (secondary N) is 1. The fraction of sp³-hybridized carbons (Fsp3) is 0.238. The van der Waals surface area contributed by atoms with E-state index >= 15 is 0 Å². The van der Waals surface area contributed by atoms with E-state index in [1.807, 2.05) is 51.1 Å². The van der Waals surface area contributed by atoms with Crippen LogP contribution in [0.3, 0.4) is 0 Å². The van der Waals surface area contributed by atoms with Gasteiger partial charge >= 0.3 is 0 Å². The highest BCUT2D eigenvalue weighted by atomic mass is 16.7. The van der Waals surface area contributed by atoms with E-state index in [0.29, 0.717) is 29.3 Å². The van der Waals surface area contributed by atoms with Crippen molar-refractivity contribution in [2.24, 2.45) is 0 Å². The molecule has 0 fully saturated rings. The van der Waals surface area contributed by atoms with Gasteiger partial charge in [-0.05, 0) is 60.7 Å². The van der Waals surface area contributed by atoms with Gasteiger partial charge in [0.2, 0.25) is 17.7 Å². The molecule has 0 spiro atoms. The molecule has 1 N–H and O–H groups in total. The quantitative estimate of drug-likeness (QED) is 0.733. The van der Waals surface area contributed by atoms with Crippen LogP contribution in [-0.2, 0) is 6.54 Å². The first-order valence-corrected chi connectivity index (χ1v) is 8.49. The molecule has 1 aliphatic rings. The monoisotopic (exact) mass is 349 g/mol. The van der Waals surface area contributed by atoms with E-state index in [1.54, 1.807) is 0 Å². The zero-order valence-corrected chi connectivity index (χ0v) is 14.9. The minimum atomic E-state index is -0.460. The second-order valence-corrected chi connectivity index (χ2v) is 6.70. The first-order chi connectivity index (χ1) is 12.5. The largest absolute Gasteiger partial charge is 0.454 e. The highest BCUT2D eigenvalue weighted by molar-refractivity contribution is 5.84. The van der Waals surface area contributed by atoms with E-state index in [9.17, 15) is 9.59 Å². The second-order valence-electron chi connectivity index (χ2n) is 6.70. The molecule has 0 unspecified atom stereocenters. The van der Waals surface area contributed by atoms with Crippen molar-refractivity contribution in [2.75, 3.05) is 12.1 Å². The van der Waals surface area contributed by atoms with Gasteiger partial charge < -0.3 is 14.8 Å². The number of anilines is 1. The summed E-state index contributed by atoms with van der Waals surface area (Å²) in [5.74, 6) is 1.41. The summed E-state index contributed by atoms with van der Waals surface area (Å²) < 4.78 is 10.7. The fourth-order valence-corrected chi connectivity index (χ4v) is 3.29. The third-order valence-electron chi connectivity index (χ3n) is 4.93. The summed E-state index contributed by atoms with van der Waals surface area (Å²) in [5.41, 5.74) is 5.01. The molecular formula is C21H19NO4. The summed E-state index contributed by atoms with van der Waals surface area (Å²) in [4.78, 5) is 24.3. The van der Waals surface area contributed by atoms with Gasteiger partial charge in [0.05, 0.1) is 11.3 Å². The molecule has 3 aromatic carbocycles. The first-order valence-electron chi connectivity index (χ1n) is 8.49. The van der Waals surface area contributed by atoms with Crippen LogP contribution in [0.5, 0.6) is 11.5 Å². The molecule has 0 aromatic heterocycles. The SMILES string of the molecule is Cc1cc(C)c(-c2c(NCc3ccc4c(c3)OCO4)c(=O)c2=O)cc1C. The Morgan fingerprint density at radius 2 is 1.62 bits per heavy atom. The number of fused-ring (bicyclic) bond motifs is 1. The molecule has 26 heavy (non-hydrogen) atoms. The van der Waals surface area contributed by atoms with Crippen molar-refractivity contribution in [3.63, 3.8) is 0 Å². The molecule has 5 heteroatoms. The van der Waals surface area contributed by atoms with E-state index in [2.05, 4.69) is 5.32 Å². The van der Waals surface area contributed by atoms with Gasteiger partial charge in [0.1, 0.15) is 0 Å². The summed E-state index contributed by atoms with van der Waals surface area (Å²) in [6, 6.07) is 9.65. The van der Waals surface area contributed by atoms with Gasteiger partial charge in [-0.2, -0.15) is 0 Å². The van der Waals surface area contributed by atoms with E-state index in [0.717, 1.165) is 22.3 Å². The molecule has 3 aromatic rings. The van der Waals surface area contributed by atoms with E-state index in [4.69, 9.17) is 9.47 Å². The van der Waals surface area contributed by atoms with E-state index in [-0.39, 0.29) is 6.79 Å². The third-order valence-corrected chi connectivity index (χ3v) is 4.93. The van der Waals surface area contributed by atoms with Gasteiger partial charge in [-0.25, -0.2) is 0 Å². The molecule has 0 atom stereocenters. The van der Waals surface area contributed by atoms with Crippen LogP contribution in [0.1, 0.15) is 22.3 Å². The molecular weight excluding hydrogens is 330 g/mol. The summed E-state index contributed by atoms with van der Waals surface area (Å²) >= 11 is 0. The fourth-order valence-electron chi connectivity index (χ4n) is 3.29. The Morgan fingerprint density at radius 3 is 2.42 bits per heavy atom. The second kappa shape index (κ2) is 6.02. The molecule has 132 valence electrons. The van der Waals surface area contributed by atoms with Crippen molar-refractivity contribution in [2.45, 2.75) is 27.3 Å². The Bertz CT molecular complexity index is 1090. The van der Waals surface area contributed by atoms with Crippen molar-refractivity contribution < 1.29 is 9.47 Å². The van der Waals surface area contributed by atoms with Crippen LogP contribution >= 0.6 is 0 Å². The lowest BCUT2D eigenvalue weighted by Gasteiger charge is -2.16. The van der Waals surface area contributed by atoms with Crippen LogP contribution in [0.15, 0.2) is 39.9 Å². The molecule has 0 aliphatic carbocycles. The number of hydrogen-bond donors (Lipinski definition) is 1. The highest BCUT2D eigenvalue weighted by Crippen LogP contribution is 2.33. The maximum atomic E-state index is 12.2. The smallest absolute Gasteiger partial charge is 0.250 e. The van der Waals surface area contributed by atoms with Gasteiger partial charge in [0.25, 0.3) is 0 Å². The van der Waals surface area contributed by atoms with Crippen LogP contribution in [0, 0.1) is 20.8 Å². The van der Waals surface area contributed by atoms with Gasteiger partial charge in [0.15, 0.2) is 11.5 Å². The van der Waals surface area contributed by atoms with Crippen LogP contribution in [0.25, 0.3) is 11.1 Å². The molecule has 0 amide bonds. The standard InChI is InChI=1S/C21H19NO4/c1-11-6-13(3)15(7-12(11)2)18-19(21(24)20(18)23)22-9-14-4-5-16-17(8-14)26-10-25-16/h4-8,22H,9-10H2,1-3H3. The van der Waals surface area contributed by atoms with E-state index in [1.165, 1.54) is 5.56 Å². The van der Waals surface area contributed by atoms with Crippen molar-refractivity contribution in [1.29, 1.82) is 0 Å². The molecule has 1 heterocycles. The maximum absolute atomic E-state index is 12.2. The van der Waals surface area contributed by atoms with Crippen molar-refractivity contribution in [3.05, 3.63) is 73.0 Å². The van der Waals surface area contributed by atoms with Crippen molar-refractivity contribution in [1.82, 2.24) is 0 Å². The van der Waals surface area contributed by atoms with Crippen molar-refractivity contribution >= 4 is 5.69 Å². The Morgan fingerprint density at radius 1 is 0.885 bits per heavy atom. The summed E-state index contributed by atoms with van der Waals surface area (Å²) in [6.45, 7) is 6.65. The Labute approximate surface area is 150 Å². The zero-order valence-electron chi connectivity index (χ0n) is 14.9. The average Bonchev–Trinajstić information content (AvgIpc) is 3.09. The van der Waals surface area contributed by atoms with Crippen LogP contribution in [0.4, 0.5) is 5.69 Å². The molecule has 0 saturated heterocycles. The van der Waals surface area contributed by atoms with E-state index < -0.39 is 10.9 Å². The van der Waals surface area contributed by atoms with Crippen molar-refractivity contribution in [3.8, 4) is 22.6 Å². The van der Waals surface area contributed by atoms with Gasteiger partial charge in [-0.3, -0.25) is 9.59 Å². The Hall–Kier alpha value is -3.08. The average molecular weight is 349 g/mol. The number of hydrogen-bond acceptors (Lipinski definition) is 5. The molecule has 0 radical (unpaired) electrons. The molecule has 4 rings (SSSR count). The minimum Gasteiger partial charge on any atom is -0.454 e. The summed E-state index contributed by atoms with van der Waals surface area (Å²) in [7, 11) is 0. The Kier molecular flexibility index (Phi) is 3.80. The third kappa shape index (κ3) is 2.56. The lowest BCUT2D eigenvalue weighted by atomic mass is 9.91. The number of aryl methyl sites for hydroxylation is 3. The lowest BCUT2D eigenvalue weighted by molar-refractivity contribution is 0.174. The van der Waals surface area contributed by atoms with Crippen LogP contribution < -0.4 is 25.6 Å². The number of benzene rings is 2. The van der Waals surface area contributed by atoms with Gasteiger partial charge in [-0.1, -0.05) is 18.2 Å². The molecule has 0 bridgehead atoms. The maximum Gasteiger partial charge on any atom is 0.250 e. The zero-order chi connectivity index (χ0) is 18.4. The molecule has 5 nitrogen and oxygen atoms in total. The predicted octanol–water partition coefficient (Wildman–Crippen LogP) is 3.22. The minimum absolute atomic E-state index is 0.223. The highest BCUT2D eigenvalue weighted by Gasteiger charge is 2.24. The molecule has 1 aliphatic heterocycles. The van der Waals surface area contributed by atoms with Crippen LogP contribution in [-0.4, -0.2) is 6.79 Å². The lowest BCUT2D eigenvalue weighted by Crippen LogP contribution is -2.36. The number of ether oxygens (including phenoxy) is 2. The van der Waals surface area contributed by atoms with Crippen LogP contribution in [0.2, 0.25) is 0 Å². The topological polar surface area (TPSA) is 64.6 Å². The first kappa shape index (κ1) is 16.4. The Balaban J connectivity index is 1.63.